The van der Waals surface area contributed by atoms with Crippen LogP contribution in [0.4, 0.5) is 0 Å². The van der Waals surface area contributed by atoms with E-state index >= 15 is 0 Å². The molecular formula is C17H23NO4S. The van der Waals surface area contributed by atoms with E-state index in [9.17, 15) is 13.2 Å². The molecule has 6 heteroatoms. The summed E-state index contributed by atoms with van der Waals surface area (Å²) in [7, 11) is -3.64. The van der Waals surface area contributed by atoms with Gasteiger partial charge < -0.3 is 4.74 Å². The number of cyclic esters (lactones) is 1. The summed E-state index contributed by atoms with van der Waals surface area (Å²) >= 11 is 0. The fourth-order valence-corrected chi connectivity index (χ4v) is 4.03. The minimum absolute atomic E-state index is 0.0423. The molecule has 0 saturated carbocycles. The predicted octanol–water partition coefficient (Wildman–Crippen LogP) is 2.52. The first-order valence-electron chi connectivity index (χ1n) is 7.53. The average molecular weight is 337 g/mol. The van der Waals surface area contributed by atoms with Crippen LogP contribution in [0, 0.1) is 12.3 Å². The van der Waals surface area contributed by atoms with E-state index in [-0.39, 0.29) is 30.6 Å². The smallest absolute Gasteiger partial charge is 0.311 e. The van der Waals surface area contributed by atoms with Gasteiger partial charge >= 0.3 is 5.97 Å². The van der Waals surface area contributed by atoms with Crippen LogP contribution < -0.4 is 0 Å². The molecule has 0 amide bonds. The molecule has 0 spiro atoms. The van der Waals surface area contributed by atoms with Gasteiger partial charge in [-0.05, 0) is 39.3 Å². The minimum atomic E-state index is -3.64. The van der Waals surface area contributed by atoms with Gasteiger partial charge in [0.05, 0.1) is 10.3 Å². The molecule has 0 bridgehead atoms. The number of esters is 1. The molecule has 2 rings (SSSR count). The molecule has 23 heavy (non-hydrogen) atoms. The number of carbonyl (C=O) groups excluding carboxylic acids is 1. The molecule has 0 radical (unpaired) electrons. The van der Waals surface area contributed by atoms with E-state index in [0.29, 0.717) is 12.0 Å². The number of carbonyl (C=O) groups is 1. The second-order valence-corrected chi connectivity index (χ2v) is 8.54. The third-order valence-corrected chi connectivity index (χ3v) is 5.74. The number of aryl methyl sites for hydroxylation is 1. The summed E-state index contributed by atoms with van der Waals surface area (Å²) in [4.78, 5) is 12.3. The average Bonchev–Trinajstić information content (AvgIpc) is 2.49. The van der Waals surface area contributed by atoms with Crippen molar-refractivity contribution in [2.75, 3.05) is 19.7 Å². The Morgan fingerprint density at radius 3 is 2.43 bits per heavy atom. The molecule has 1 aliphatic rings. The largest absolute Gasteiger partial charge is 0.464 e. The Kier molecular flexibility index (Phi) is 4.96. The Bertz CT molecular complexity index is 705. The van der Waals surface area contributed by atoms with E-state index in [2.05, 4.69) is 6.58 Å². The van der Waals surface area contributed by atoms with Gasteiger partial charge in [-0.2, -0.15) is 4.31 Å². The Morgan fingerprint density at radius 2 is 1.83 bits per heavy atom. The van der Waals surface area contributed by atoms with E-state index in [4.69, 9.17) is 4.74 Å². The van der Waals surface area contributed by atoms with E-state index in [0.717, 1.165) is 5.56 Å². The Balaban J connectivity index is 2.29. The topological polar surface area (TPSA) is 63.7 Å². The molecule has 1 fully saturated rings. The molecule has 0 unspecified atom stereocenters. The van der Waals surface area contributed by atoms with Crippen molar-refractivity contribution in [3.63, 3.8) is 0 Å². The summed E-state index contributed by atoms with van der Waals surface area (Å²) in [6.07, 6.45) is 0.395. The van der Waals surface area contributed by atoms with Crippen LogP contribution in [0.5, 0.6) is 0 Å². The van der Waals surface area contributed by atoms with Gasteiger partial charge in [0.2, 0.25) is 10.0 Å². The lowest BCUT2D eigenvalue weighted by molar-refractivity contribution is -0.153. The summed E-state index contributed by atoms with van der Waals surface area (Å²) in [5.74, 6) is -0.326. The highest BCUT2D eigenvalue weighted by Crippen LogP contribution is 2.29. The van der Waals surface area contributed by atoms with Gasteiger partial charge in [0.1, 0.15) is 6.61 Å². The molecule has 1 aliphatic heterocycles. The summed E-state index contributed by atoms with van der Waals surface area (Å²) in [6, 6.07) is 6.72. The first kappa shape index (κ1) is 17.7. The van der Waals surface area contributed by atoms with Crippen LogP contribution in [0.2, 0.25) is 0 Å². The van der Waals surface area contributed by atoms with Crippen LogP contribution in [-0.4, -0.2) is 38.4 Å². The lowest BCUT2D eigenvalue weighted by Gasteiger charge is -2.23. The van der Waals surface area contributed by atoms with Crippen molar-refractivity contribution in [2.24, 2.45) is 5.41 Å². The van der Waals surface area contributed by atoms with Crippen LogP contribution in [0.25, 0.3) is 0 Å². The van der Waals surface area contributed by atoms with E-state index < -0.39 is 15.4 Å². The molecule has 5 nitrogen and oxygen atoms in total. The second kappa shape index (κ2) is 6.45. The number of ether oxygens (including phenoxy) is 1. The van der Waals surface area contributed by atoms with Crippen molar-refractivity contribution in [1.29, 1.82) is 0 Å². The molecule has 0 atom stereocenters. The van der Waals surface area contributed by atoms with E-state index in [1.807, 2.05) is 6.92 Å². The molecule has 0 N–H and O–H groups in total. The minimum Gasteiger partial charge on any atom is -0.464 e. The maximum Gasteiger partial charge on any atom is 0.311 e. The third-order valence-electron chi connectivity index (χ3n) is 3.88. The highest BCUT2D eigenvalue weighted by Gasteiger charge is 2.34. The zero-order chi connectivity index (χ0) is 17.3. The van der Waals surface area contributed by atoms with E-state index in [1.165, 1.54) is 4.31 Å². The Hall–Kier alpha value is -1.66. The van der Waals surface area contributed by atoms with Crippen molar-refractivity contribution >= 4 is 16.0 Å². The first-order chi connectivity index (χ1) is 10.6. The maximum atomic E-state index is 12.8. The monoisotopic (exact) mass is 337 g/mol. The molecule has 1 saturated heterocycles. The molecule has 0 aromatic heterocycles. The van der Waals surface area contributed by atoms with Crippen molar-refractivity contribution < 1.29 is 17.9 Å². The fraction of sp³-hybridized carbons (Fsp3) is 0.471. The quantitative estimate of drug-likeness (QED) is 0.614. The normalized spacial score (nSPS) is 20.3. The van der Waals surface area contributed by atoms with Gasteiger partial charge in [0.15, 0.2) is 0 Å². The molecule has 0 aliphatic carbocycles. The van der Waals surface area contributed by atoms with Gasteiger partial charge in [-0.3, -0.25) is 4.79 Å². The van der Waals surface area contributed by atoms with Crippen molar-refractivity contribution in [3.8, 4) is 0 Å². The summed E-state index contributed by atoms with van der Waals surface area (Å²) < 4.78 is 32.2. The standard InChI is InChI=1S/C17H23NO4S/c1-13-5-7-15(8-6-13)23(20,21)18-9-10-22-16(19)17(3,4)11-14(2)12-18/h5-8H,2,9-12H2,1,3-4H3. The van der Waals surface area contributed by atoms with E-state index in [1.54, 1.807) is 38.1 Å². The van der Waals surface area contributed by atoms with Gasteiger partial charge in [-0.25, -0.2) is 8.42 Å². The number of hydrogen-bond acceptors (Lipinski definition) is 4. The molecule has 1 aromatic carbocycles. The Morgan fingerprint density at radius 1 is 1.22 bits per heavy atom. The molecule has 126 valence electrons. The second-order valence-electron chi connectivity index (χ2n) is 6.60. The maximum absolute atomic E-state index is 12.8. The SMILES string of the molecule is C=C1CN(S(=O)(=O)c2ccc(C)cc2)CCOC(=O)C(C)(C)C1. The van der Waals surface area contributed by atoms with Crippen molar-refractivity contribution in [3.05, 3.63) is 42.0 Å². The lowest BCUT2D eigenvalue weighted by atomic mass is 9.86. The summed E-state index contributed by atoms with van der Waals surface area (Å²) in [5.41, 5.74) is 0.999. The van der Waals surface area contributed by atoms with Crippen LogP contribution >= 0.6 is 0 Å². The predicted molar refractivity (Wildman–Crippen MR) is 88.4 cm³/mol. The zero-order valence-corrected chi connectivity index (χ0v) is 14.6. The summed E-state index contributed by atoms with van der Waals surface area (Å²) in [5, 5.41) is 0. The van der Waals surface area contributed by atoms with Gasteiger partial charge in [0, 0.05) is 13.1 Å². The van der Waals surface area contributed by atoms with Gasteiger partial charge in [0.25, 0.3) is 0 Å². The lowest BCUT2D eigenvalue weighted by Crippen LogP contribution is -2.35. The van der Waals surface area contributed by atoms with Gasteiger partial charge in [-0.15, -0.1) is 0 Å². The highest BCUT2D eigenvalue weighted by atomic mass is 32.2. The molecular weight excluding hydrogens is 314 g/mol. The van der Waals surface area contributed by atoms with Crippen LogP contribution in [0.1, 0.15) is 25.8 Å². The van der Waals surface area contributed by atoms with Crippen LogP contribution in [0.3, 0.4) is 0 Å². The van der Waals surface area contributed by atoms with Crippen LogP contribution in [0.15, 0.2) is 41.3 Å². The third kappa shape index (κ3) is 4.00. The number of nitrogens with zero attached hydrogens (tertiary/aromatic N) is 1. The van der Waals surface area contributed by atoms with Crippen LogP contribution in [-0.2, 0) is 19.6 Å². The first-order valence-corrected chi connectivity index (χ1v) is 8.98. The summed E-state index contributed by atoms with van der Waals surface area (Å²) in [6.45, 7) is 9.77. The number of rotatable bonds is 2. The fourth-order valence-electron chi connectivity index (χ4n) is 2.58. The zero-order valence-electron chi connectivity index (χ0n) is 13.8. The van der Waals surface area contributed by atoms with Crippen molar-refractivity contribution in [1.82, 2.24) is 4.31 Å². The Labute approximate surface area is 138 Å². The number of sulfonamides is 1. The number of benzene rings is 1. The number of hydrogen-bond donors (Lipinski definition) is 0. The molecule has 1 heterocycles. The van der Waals surface area contributed by atoms with Gasteiger partial charge in [-0.1, -0.05) is 29.8 Å². The highest BCUT2D eigenvalue weighted by molar-refractivity contribution is 7.89. The van der Waals surface area contributed by atoms with Crippen molar-refractivity contribution in [2.45, 2.75) is 32.1 Å². The molecule has 1 aromatic rings.